The van der Waals surface area contributed by atoms with Crippen LogP contribution in [0.4, 0.5) is 0 Å². The average Bonchev–Trinajstić information content (AvgIpc) is 2.26. The van der Waals surface area contributed by atoms with Crippen LogP contribution in [0.25, 0.3) is 0 Å². The van der Waals surface area contributed by atoms with Gasteiger partial charge in [0.25, 0.3) is 0 Å². The van der Waals surface area contributed by atoms with Crippen molar-refractivity contribution in [3.05, 3.63) is 0 Å². The highest BCUT2D eigenvalue weighted by Crippen LogP contribution is 2.20. The van der Waals surface area contributed by atoms with Gasteiger partial charge in [-0.05, 0) is 31.3 Å². The summed E-state index contributed by atoms with van der Waals surface area (Å²) < 4.78 is 0. The third kappa shape index (κ3) is 5.86. The van der Waals surface area contributed by atoms with E-state index in [2.05, 4.69) is 39.5 Å². The van der Waals surface area contributed by atoms with Crippen molar-refractivity contribution in [3.8, 4) is 0 Å². The van der Waals surface area contributed by atoms with E-state index in [9.17, 15) is 0 Å². The van der Waals surface area contributed by atoms with Gasteiger partial charge in [-0.3, -0.25) is 0 Å². The van der Waals surface area contributed by atoms with Gasteiger partial charge < -0.3 is 10.6 Å². The summed E-state index contributed by atoms with van der Waals surface area (Å²) in [5.41, 5.74) is 6.08. The first-order valence-electron chi connectivity index (χ1n) is 6.94. The Morgan fingerprint density at radius 1 is 1.06 bits per heavy atom. The molecule has 0 aliphatic heterocycles. The lowest BCUT2D eigenvalue weighted by Gasteiger charge is -2.36. The summed E-state index contributed by atoms with van der Waals surface area (Å²) in [5, 5.41) is 0. The van der Waals surface area contributed by atoms with Gasteiger partial charge in [0.05, 0.1) is 0 Å². The predicted octanol–water partition coefficient (Wildman–Crippen LogP) is 3.26. The van der Waals surface area contributed by atoms with Crippen LogP contribution in [-0.2, 0) is 0 Å². The molecule has 0 aromatic heterocycles. The second-order valence-corrected chi connectivity index (χ2v) is 5.66. The van der Waals surface area contributed by atoms with E-state index in [1.54, 1.807) is 0 Å². The molecule has 2 heteroatoms. The van der Waals surface area contributed by atoms with Crippen molar-refractivity contribution in [1.29, 1.82) is 0 Å². The minimum Gasteiger partial charge on any atom is -0.330 e. The minimum atomic E-state index is 0.246. The first kappa shape index (κ1) is 15.9. The summed E-state index contributed by atoms with van der Waals surface area (Å²) in [6, 6.07) is 0.755. The molecule has 0 aliphatic rings. The maximum atomic E-state index is 5.83. The number of hydrogen-bond donors (Lipinski definition) is 1. The van der Waals surface area contributed by atoms with Crippen molar-refractivity contribution in [2.45, 2.75) is 66.3 Å². The van der Waals surface area contributed by atoms with Crippen molar-refractivity contribution in [2.75, 3.05) is 19.6 Å². The van der Waals surface area contributed by atoms with E-state index >= 15 is 0 Å². The Labute approximate surface area is 103 Å². The Hall–Kier alpha value is -0.0800. The van der Waals surface area contributed by atoms with Gasteiger partial charge in [0.15, 0.2) is 0 Å². The zero-order chi connectivity index (χ0) is 12.6. The van der Waals surface area contributed by atoms with E-state index in [0.29, 0.717) is 0 Å². The van der Waals surface area contributed by atoms with Crippen molar-refractivity contribution in [2.24, 2.45) is 11.1 Å². The second-order valence-electron chi connectivity index (χ2n) is 5.66. The SMILES string of the molecule is CCCC(CCC)N(CC)CC(C)(C)CN. The van der Waals surface area contributed by atoms with E-state index < -0.39 is 0 Å². The largest absolute Gasteiger partial charge is 0.330 e. The Kier molecular flexibility index (Phi) is 8.04. The Bertz CT molecular complexity index is 160. The quantitative estimate of drug-likeness (QED) is 0.656. The van der Waals surface area contributed by atoms with Crippen LogP contribution in [0, 0.1) is 5.41 Å². The molecule has 0 saturated heterocycles. The van der Waals surface area contributed by atoms with Crippen LogP contribution in [-0.4, -0.2) is 30.6 Å². The fourth-order valence-corrected chi connectivity index (χ4v) is 2.29. The van der Waals surface area contributed by atoms with E-state index in [1.165, 1.54) is 25.7 Å². The molecular formula is C14H32N2. The molecule has 2 N–H and O–H groups in total. The molecule has 0 rings (SSSR count). The van der Waals surface area contributed by atoms with Gasteiger partial charge in [0, 0.05) is 12.6 Å². The van der Waals surface area contributed by atoms with Crippen molar-refractivity contribution < 1.29 is 0 Å². The van der Waals surface area contributed by atoms with Crippen LogP contribution >= 0.6 is 0 Å². The molecule has 0 spiro atoms. The van der Waals surface area contributed by atoms with Crippen LogP contribution in [0.15, 0.2) is 0 Å². The van der Waals surface area contributed by atoms with Crippen LogP contribution in [0.2, 0.25) is 0 Å². The standard InChI is InChI=1S/C14H32N2/c1-6-9-13(10-7-2)16(8-3)12-14(4,5)11-15/h13H,6-12,15H2,1-5H3. The smallest absolute Gasteiger partial charge is 0.00951 e. The summed E-state index contributed by atoms with van der Waals surface area (Å²) in [6.45, 7) is 14.4. The van der Waals surface area contributed by atoms with Crippen LogP contribution in [0.5, 0.6) is 0 Å². The zero-order valence-electron chi connectivity index (χ0n) is 12.1. The van der Waals surface area contributed by atoms with Gasteiger partial charge in [-0.1, -0.05) is 47.5 Å². The average molecular weight is 228 g/mol. The van der Waals surface area contributed by atoms with E-state index in [-0.39, 0.29) is 5.41 Å². The maximum absolute atomic E-state index is 5.83. The van der Waals surface area contributed by atoms with Gasteiger partial charge >= 0.3 is 0 Å². The molecule has 16 heavy (non-hydrogen) atoms. The molecule has 0 amide bonds. The second kappa shape index (κ2) is 8.08. The number of nitrogens with zero attached hydrogens (tertiary/aromatic N) is 1. The summed E-state index contributed by atoms with van der Waals surface area (Å²) in [4.78, 5) is 2.62. The third-order valence-corrected chi connectivity index (χ3v) is 3.35. The molecule has 0 fully saturated rings. The topological polar surface area (TPSA) is 29.3 Å². The third-order valence-electron chi connectivity index (χ3n) is 3.35. The highest BCUT2D eigenvalue weighted by molar-refractivity contribution is 4.79. The Morgan fingerprint density at radius 3 is 1.88 bits per heavy atom. The first-order valence-corrected chi connectivity index (χ1v) is 6.94. The van der Waals surface area contributed by atoms with Gasteiger partial charge in [-0.25, -0.2) is 0 Å². The zero-order valence-corrected chi connectivity index (χ0v) is 12.1. The summed E-state index contributed by atoms with van der Waals surface area (Å²) in [5.74, 6) is 0. The highest BCUT2D eigenvalue weighted by Gasteiger charge is 2.23. The normalized spacial score (nSPS) is 12.8. The Balaban J connectivity index is 4.40. The van der Waals surface area contributed by atoms with Gasteiger partial charge in [0.2, 0.25) is 0 Å². The van der Waals surface area contributed by atoms with Crippen LogP contribution in [0.1, 0.15) is 60.3 Å². The van der Waals surface area contributed by atoms with Gasteiger partial charge in [-0.15, -0.1) is 0 Å². The maximum Gasteiger partial charge on any atom is 0.00951 e. The molecule has 0 unspecified atom stereocenters. The molecule has 0 aliphatic carbocycles. The predicted molar refractivity (Wildman–Crippen MR) is 73.7 cm³/mol. The van der Waals surface area contributed by atoms with E-state index in [1.807, 2.05) is 0 Å². The highest BCUT2D eigenvalue weighted by atomic mass is 15.2. The molecular weight excluding hydrogens is 196 g/mol. The van der Waals surface area contributed by atoms with Gasteiger partial charge in [-0.2, -0.15) is 0 Å². The molecule has 0 aromatic carbocycles. The fraction of sp³-hybridized carbons (Fsp3) is 1.00. The van der Waals surface area contributed by atoms with E-state index in [4.69, 9.17) is 5.73 Å². The van der Waals surface area contributed by atoms with Crippen molar-refractivity contribution in [1.82, 2.24) is 4.90 Å². The summed E-state index contributed by atoms with van der Waals surface area (Å²) in [7, 11) is 0. The fourth-order valence-electron chi connectivity index (χ4n) is 2.29. The summed E-state index contributed by atoms with van der Waals surface area (Å²) in [6.07, 6.45) is 5.21. The number of nitrogens with two attached hydrogens (primary N) is 1. The number of rotatable bonds is 9. The lowest BCUT2D eigenvalue weighted by Crippen LogP contribution is -2.44. The molecule has 2 nitrogen and oxygen atoms in total. The molecule has 0 atom stereocenters. The van der Waals surface area contributed by atoms with Crippen LogP contribution < -0.4 is 5.73 Å². The van der Waals surface area contributed by atoms with Crippen molar-refractivity contribution >= 4 is 0 Å². The number of hydrogen-bond acceptors (Lipinski definition) is 2. The molecule has 0 heterocycles. The molecule has 0 bridgehead atoms. The molecule has 98 valence electrons. The first-order chi connectivity index (χ1) is 7.50. The minimum absolute atomic E-state index is 0.246. The molecule has 0 saturated carbocycles. The lowest BCUT2D eigenvalue weighted by molar-refractivity contribution is 0.125. The monoisotopic (exact) mass is 228 g/mol. The lowest BCUT2D eigenvalue weighted by atomic mass is 9.91. The summed E-state index contributed by atoms with van der Waals surface area (Å²) >= 11 is 0. The Morgan fingerprint density at radius 2 is 1.56 bits per heavy atom. The molecule has 0 radical (unpaired) electrons. The van der Waals surface area contributed by atoms with Crippen LogP contribution in [0.3, 0.4) is 0 Å². The van der Waals surface area contributed by atoms with E-state index in [0.717, 1.165) is 25.7 Å². The molecule has 0 aromatic rings. The van der Waals surface area contributed by atoms with Gasteiger partial charge in [0.1, 0.15) is 0 Å². The van der Waals surface area contributed by atoms with Crippen molar-refractivity contribution in [3.63, 3.8) is 0 Å².